The van der Waals surface area contributed by atoms with Crippen molar-refractivity contribution in [1.29, 1.82) is 0 Å². The third kappa shape index (κ3) is 3.21. The third-order valence-electron chi connectivity index (χ3n) is 2.51. The number of hydrogen-bond donors (Lipinski definition) is 4. The van der Waals surface area contributed by atoms with Gasteiger partial charge in [0.25, 0.3) is 5.89 Å². The van der Waals surface area contributed by atoms with E-state index in [4.69, 9.17) is 9.52 Å². The molecule has 0 radical (unpaired) electrons. The second-order valence-electron chi connectivity index (χ2n) is 4.08. The molecule has 102 valence electrons. The van der Waals surface area contributed by atoms with E-state index in [1.807, 2.05) is 0 Å². The van der Waals surface area contributed by atoms with Gasteiger partial charge in [-0.05, 0) is 18.2 Å². The number of aliphatic hydroxyl groups excluding tert-OH is 2. The lowest BCUT2D eigenvalue weighted by atomic mass is 10.1. The van der Waals surface area contributed by atoms with Crippen LogP contribution in [0.4, 0.5) is 5.69 Å². The molecule has 1 atom stereocenters. The smallest absolute Gasteiger partial charge is 0.251 e. The molecule has 19 heavy (non-hydrogen) atoms. The van der Waals surface area contributed by atoms with Gasteiger partial charge in [0.2, 0.25) is 5.89 Å². The maximum Gasteiger partial charge on any atom is 0.251 e. The lowest BCUT2D eigenvalue weighted by molar-refractivity contribution is 0.105. The fourth-order valence-electron chi connectivity index (χ4n) is 1.52. The lowest BCUT2D eigenvalue weighted by Crippen LogP contribution is -2.22. The number of aromatic nitrogens is 2. The number of rotatable bonds is 5. The first-order valence-electron chi connectivity index (χ1n) is 5.76. The highest BCUT2D eigenvalue weighted by molar-refractivity contribution is 5.68. The van der Waals surface area contributed by atoms with Crippen LogP contribution in [0.3, 0.4) is 0 Å². The first-order chi connectivity index (χ1) is 9.10. The van der Waals surface area contributed by atoms with Gasteiger partial charge in [0.05, 0.1) is 18.3 Å². The molecule has 0 saturated heterocycles. The molecule has 0 bridgehead atoms. The Hall–Kier alpha value is -2.12. The van der Waals surface area contributed by atoms with Crippen molar-refractivity contribution in [3.05, 3.63) is 24.1 Å². The Labute approximate surface area is 109 Å². The summed E-state index contributed by atoms with van der Waals surface area (Å²) in [4.78, 5) is 0. The summed E-state index contributed by atoms with van der Waals surface area (Å²) < 4.78 is 5.25. The molecule has 2 aromatic rings. The van der Waals surface area contributed by atoms with Crippen LogP contribution in [-0.4, -0.2) is 44.8 Å². The monoisotopic (exact) mass is 265 g/mol. The van der Waals surface area contributed by atoms with Crippen LogP contribution in [0, 0.1) is 6.92 Å². The molecule has 1 aromatic carbocycles. The Balaban J connectivity index is 2.20. The number of aromatic hydroxyl groups is 1. The predicted molar refractivity (Wildman–Crippen MR) is 67.7 cm³/mol. The minimum absolute atomic E-state index is 0.0249. The van der Waals surface area contributed by atoms with Gasteiger partial charge in [-0.15, -0.1) is 10.2 Å². The highest BCUT2D eigenvalue weighted by Gasteiger charge is 2.12. The molecular formula is C12H15N3O4. The average Bonchev–Trinajstić information content (AvgIpc) is 2.83. The second kappa shape index (κ2) is 5.68. The van der Waals surface area contributed by atoms with Crippen LogP contribution in [0.25, 0.3) is 11.5 Å². The molecule has 0 aliphatic heterocycles. The Morgan fingerprint density at radius 2 is 2.16 bits per heavy atom. The zero-order valence-electron chi connectivity index (χ0n) is 10.4. The molecule has 1 heterocycles. The summed E-state index contributed by atoms with van der Waals surface area (Å²) in [5.41, 5.74) is 1.07. The van der Waals surface area contributed by atoms with Crippen LogP contribution in [0.1, 0.15) is 5.89 Å². The number of aliphatic hydroxyl groups is 2. The zero-order chi connectivity index (χ0) is 13.8. The van der Waals surface area contributed by atoms with Crippen molar-refractivity contribution in [2.24, 2.45) is 0 Å². The summed E-state index contributed by atoms with van der Waals surface area (Å²) >= 11 is 0. The maximum absolute atomic E-state index is 9.78. The second-order valence-corrected chi connectivity index (χ2v) is 4.08. The van der Waals surface area contributed by atoms with E-state index in [2.05, 4.69) is 15.5 Å². The van der Waals surface area contributed by atoms with Gasteiger partial charge in [-0.1, -0.05) is 0 Å². The van der Waals surface area contributed by atoms with Crippen molar-refractivity contribution in [2.45, 2.75) is 13.0 Å². The van der Waals surface area contributed by atoms with E-state index in [9.17, 15) is 10.2 Å². The summed E-state index contributed by atoms with van der Waals surface area (Å²) in [6.45, 7) is 1.54. The molecule has 0 spiro atoms. The highest BCUT2D eigenvalue weighted by atomic mass is 16.4. The van der Waals surface area contributed by atoms with Crippen LogP contribution < -0.4 is 5.32 Å². The van der Waals surface area contributed by atoms with Crippen LogP contribution in [0.5, 0.6) is 5.75 Å². The molecule has 0 amide bonds. The van der Waals surface area contributed by atoms with Crippen LogP contribution in [0.15, 0.2) is 22.6 Å². The van der Waals surface area contributed by atoms with Crippen molar-refractivity contribution in [3.63, 3.8) is 0 Å². The predicted octanol–water partition coefficient (Wildman–Crippen LogP) is 0.516. The Bertz CT molecular complexity index is 556. The van der Waals surface area contributed by atoms with Crippen molar-refractivity contribution < 1.29 is 19.7 Å². The number of nitrogens with one attached hydrogen (secondary N) is 1. The van der Waals surface area contributed by atoms with Crippen LogP contribution in [0.2, 0.25) is 0 Å². The summed E-state index contributed by atoms with van der Waals surface area (Å²) in [5.74, 6) is 0.654. The SMILES string of the molecule is Cc1nnc(-c2cc(NCC(O)CO)ccc2O)o1. The van der Waals surface area contributed by atoms with E-state index >= 15 is 0 Å². The first kappa shape index (κ1) is 13.3. The third-order valence-corrected chi connectivity index (χ3v) is 2.51. The van der Waals surface area contributed by atoms with Gasteiger partial charge in [-0.2, -0.15) is 0 Å². The molecule has 7 heteroatoms. The number of anilines is 1. The Morgan fingerprint density at radius 1 is 1.37 bits per heavy atom. The number of benzene rings is 1. The van der Waals surface area contributed by atoms with E-state index in [1.54, 1.807) is 19.1 Å². The minimum Gasteiger partial charge on any atom is -0.507 e. The molecule has 0 saturated carbocycles. The van der Waals surface area contributed by atoms with Crippen molar-refractivity contribution >= 4 is 5.69 Å². The Morgan fingerprint density at radius 3 is 2.79 bits per heavy atom. The number of hydrogen-bond acceptors (Lipinski definition) is 7. The number of phenolic OH excluding ortho intramolecular Hbond substituents is 1. The van der Waals surface area contributed by atoms with Gasteiger partial charge in [0.15, 0.2) is 0 Å². The van der Waals surface area contributed by atoms with E-state index < -0.39 is 6.10 Å². The minimum atomic E-state index is -0.845. The molecule has 0 aliphatic rings. The van der Waals surface area contributed by atoms with Crippen LogP contribution in [-0.2, 0) is 0 Å². The molecule has 1 unspecified atom stereocenters. The van der Waals surface area contributed by atoms with E-state index in [0.29, 0.717) is 17.1 Å². The van der Waals surface area contributed by atoms with Crippen molar-refractivity contribution in [1.82, 2.24) is 10.2 Å². The molecule has 2 rings (SSSR count). The quantitative estimate of drug-likeness (QED) is 0.583. The van der Waals surface area contributed by atoms with Crippen LogP contribution >= 0.6 is 0 Å². The van der Waals surface area contributed by atoms with Crippen molar-refractivity contribution in [3.8, 4) is 17.2 Å². The number of phenols is 1. The molecule has 1 aromatic heterocycles. The summed E-state index contributed by atoms with van der Waals surface area (Å²) in [6.07, 6.45) is -0.845. The normalized spacial score (nSPS) is 12.4. The molecule has 0 fully saturated rings. The first-order valence-corrected chi connectivity index (χ1v) is 5.76. The van der Waals surface area contributed by atoms with Gasteiger partial charge in [0.1, 0.15) is 5.75 Å². The largest absolute Gasteiger partial charge is 0.507 e. The highest BCUT2D eigenvalue weighted by Crippen LogP contribution is 2.30. The molecule has 7 nitrogen and oxygen atoms in total. The number of nitrogens with zero attached hydrogens (tertiary/aromatic N) is 2. The van der Waals surface area contributed by atoms with Gasteiger partial charge >= 0.3 is 0 Å². The van der Waals surface area contributed by atoms with E-state index in [1.165, 1.54) is 6.07 Å². The van der Waals surface area contributed by atoms with Gasteiger partial charge in [0, 0.05) is 19.2 Å². The average molecular weight is 265 g/mol. The lowest BCUT2D eigenvalue weighted by Gasteiger charge is -2.11. The van der Waals surface area contributed by atoms with E-state index in [-0.39, 0.29) is 24.8 Å². The van der Waals surface area contributed by atoms with Gasteiger partial charge < -0.3 is 25.1 Å². The summed E-state index contributed by atoms with van der Waals surface area (Å²) in [6, 6.07) is 4.76. The van der Waals surface area contributed by atoms with Gasteiger partial charge in [-0.3, -0.25) is 0 Å². The molecule has 4 N–H and O–H groups in total. The summed E-state index contributed by atoms with van der Waals surface area (Å²) in [7, 11) is 0. The molecule has 0 aliphatic carbocycles. The number of aryl methyl sites for hydroxylation is 1. The molecular weight excluding hydrogens is 250 g/mol. The van der Waals surface area contributed by atoms with Gasteiger partial charge in [-0.25, -0.2) is 0 Å². The fourth-order valence-corrected chi connectivity index (χ4v) is 1.52. The topological polar surface area (TPSA) is 112 Å². The fraction of sp³-hybridized carbons (Fsp3) is 0.333. The zero-order valence-corrected chi connectivity index (χ0v) is 10.4. The maximum atomic E-state index is 9.78. The summed E-state index contributed by atoms with van der Waals surface area (Å²) in [5, 5.41) is 38.2. The van der Waals surface area contributed by atoms with Crippen molar-refractivity contribution in [2.75, 3.05) is 18.5 Å². The standard InChI is InChI=1S/C12H15N3O4/c1-7-14-15-12(19-7)10-4-8(2-3-11(10)18)13-5-9(17)6-16/h2-4,9,13,16-18H,5-6H2,1H3. The van der Waals surface area contributed by atoms with E-state index in [0.717, 1.165) is 0 Å². The Kier molecular flexibility index (Phi) is 3.98.